The lowest BCUT2D eigenvalue weighted by atomic mass is 10.1. The van der Waals surface area contributed by atoms with Crippen molar-refractivity contribution in [2.24, 2.45) is 11.3 Å². The Morgan fingerprint density at radius 2 is 2.10 bits per heavy atom. The van der Waals surface area contributed by atoms with Gasteiger partial charge >= 0.3 is 0 Å². The van der Waals surface area contributed by atoms with Crippen molar-refractivity contribution in [1.82, 2.24) is 15.0 Å². The molecule has 2 aliphatic carbocycles. The van der Waals surface area contributed by atoms with E-state index >= 15 is 0 Å². The third-order valence-electron chi connectivity index (χ3n) is 5.84. The first-order chi connectivity index (χ1) is 14.5. The average Bonchev–Trinajstić information content (AvgIpc) is 3.67. The van der Waals surface area contributed by atoms with E-state index in [-0.39, 0.29) is 29.1 Å². The second kappa shape index (κ2) is 7.42. The lowest BCUT2D eigenvalue weighted by Gasteiger charge is -2.29. The van der Waals surface area contributed by atoms with Crippen molar-refractivity contribution >= 4 is 11.6 Å². The zero-order chi connectivity index (χ0) is 20.7. The Labute approximate surface area is 174 Å². The van der Waals surface area contributed by atoms with Gasteiger partial charge in [0.15, 0.2) is 12.0 Å². The van der Waals surface area contributed by atoms with E-state index < -0.39 is 0 Å². The maximum absolute atomic E-state index is 12.8. The van der Waals surface area contributed by atoms with E-state index in [4.69, 9.17) is 9.47 Å². The molecule has 0 unspecified atom stereocenters. The summed E-state index contributed by atoms with van der Waals surface area (Å²) in [5.41, 5.74) is 1.54. The van der Waals surface area contributed by atoms with Crippen LogP contribution in [0, 0.1) is 23.2 Å². The van der Waals surface area contributed by atoms with Gasteiger partial charge < -0.3 is 19.5 Å². The van der Waals surface area contributed by atoms with E-state index in [2.05, 4.69) is 22.2 Å². The minimum Gasteiger partial charge on any atom is -0.506 e. The van der Waals surface area contributed by atoms with Gasteiger partial charge in [0, 0.05) is 23.9 Å². The number of rotatable bonds is 4. The largest absolute Gasteiger partial charge is 0.506 e. The summed E-state index contributed by atoms with van der Waals surface area (Å²) in [7, 11) is 1.59. The maximum atomic E-state index is 12.8. The van der Waals surface area contributed by atoms with Crippen molar-refractivity contribution in [3.63, 3.8) is 0 Å². The second-order valence-electron chi connectivity index (χ2n) is 8.49. The Morgan fingerprint density at radius 1 is 1.33 bits per heavy atom. The van der Waals surface area contributed by atoms with Gasteiger partial charge in [-0.3, -0.25) is 4.79 Å². The highest BCUT2D eigenvalue weighted by molar-refractivity contribution is 6.05. The summed E-state index contributed by atoms with van der Waals surface area (Å²) in [5, 5.41) is 18.4. The van der Waals surface area contributed by atoms with Crippen LogP contribution in [0.4, 0.5) is 5.69 Å². The van der Waals surface area contributed by atoms with Crippen LogP contribution in [-0.4, -0.2) is 52.6 Å². The van der Waals surface area contributed by atoms with Gasteiger partial charge in [0.05, 0.1) is 31.6 Å². The van der Waals surface area contributed by atoms with Gasteiger partial charge in [-0.2, -0.15) is 0 Å². The van der Waals surface area contributed by atoms with Gasteiger partial charge in [-0.15, -0.1) is 5.10 Å². The summed E-state index contributed by atoms with van der Waals surface area (Å²) >= 11 is 0. The highest BCUT2D eigenvalue weighted by atomic mass is 16.7. The first-order valence-corrected chi connectivity index (χ1v) is 10.3. The summed E-state index contributed by atoms with van der Waals surface area (Å²) in [6, 6.07) is 5.07. The number of hydrogen-bond donors (Lipinski definition) is 1. The fraction of sp³-hybridized carbons (Fsp3) is 0.500. The second-order valence-corrected chi connectivity index (χ2v) is 8.49. The van der Waals surface area contributed by atoms with Gasteiger partial charge in [-0.1, -0.05) is 17.1 Å². The Hall–Kier alpha value is -2.89. The molecule has 1 spiro atoms. The van der Waals surface area contributed by atoms with Crippen molar-refractivity contribution in [3.05, 3.63) is 35.7 Å². The van der Waals surface area contributed by atoms with Crippen molar-refractivity contribution in [2.75, 3.05) is 25.2 Å². The smallest absolute Gasteiger partial charge is 0.280 e. The number of carbonyl (C=O) groups is 1. The number of hydrogen-bond acceptors (Lipinski definition) is 6. The Balaban J connectivity index is 1.23. The highest BCUT2D eigenvalue weighted by Gasteiger charge is 2.47. The van der Waals surface area contributed by atoms with Crippen LogP contribution in [0.2, 0.25) is 0 Å². The number of benzene rings is 1. The predicted molar refractivity (Wildman–Crippen MR) is 108 cm³/mol. The molecular formula is C22H24N4O4. The Bertz CT molecular complexity index is 1020. The third-order valence-corrected chi connectivity index (χ3v) is 5.84. The van der Waals surface area contributed by atoms with Gasteiger partial charge in [-0.05, 0) is 43.9 Å². The summed E-state index contributed by atoms with van der Waals surface area (Å²) in [6.07, 6.45) is 5.81. The topological polar surface area (TPSA) is 89.7 Å². The fourth-order valence-electron chi connectivity index (χ4n) is 3.42. The standard InChI is InChI=1S/C22H24N4O4/c1-25(18-7-6-16(10-19(18)27)5-4-15-2-3-15)21(28)17-11-26(24-23-17)12-20-29-13-22(8-9-22)14-30-20/h6-7,10-11,15,20,27H,2-3,8-9,12-14H2,1H3. The molecule has 1 saturated heterocycles. The summed E-state index contributed by atoms with van der Waals surface area (Å²) in [4.78, 5) is 14.2. The average molecular weight is 408 g/mol. The predicted octanol–water partition coefficient (Wildman–Crippen LogP) is 2.17. The van der Waals surface area contributed by atoms with Crippen LogP contribution in [-0.2, 0) is 16.0 Å². The monoisotopic (exact) mass is 408 g/mol. The van der Waals surface area contributed by atoms with Crippen molar-refractivity contribution in [3.8, 4) is 17.6 Å². The lowest BCUT2D eigenvalue weighted by molar-refractivity contribution is -0.213. The number of aromatic hydroxyl groups is 1. The van der Waals surface area contributed by atoms with E-state index in [1.54, 1.807) is 36.1 Å². The molecule has 1 aromatic heterocycles. The minimum atomic E-state index is -0.382. The van der Waals surface area contributed by atoms with Crippen molar-refractivity contribution < 1.29 is 19.4 Å². The third kappa shape index (κ3) is 4.04. The zero-order valence-corrected chi connectivity index (χ0v) is 16.9. The number of ether oxygens (including phenoxy) is 2. The van der Waals surface area contributed by atoms with Crippen LogP contribution in [0.3, 0.4) is 0 Å². The molecule has 156 valence electrons. The van der Waals surface area contributed by atoms with Crippen LogP contribution >= 0.6 is 0 Å². The maximum Gasteiger partial charge on any atom is 0.280 e. The van der Waals surface area contributed by atoms with Gasteiger partial charge in [0.25, 0.3) is 5.91 Å². The number of nitrogens with zero attached hydrogens (tertiary/aromatic N) is 4. The van der Waals surface area contributed by atoms with Crippen LogP contribution in [0.1, 0.15) is 41.7 Å². The minimum absolute atomic E-state index is 0.00107. The van der Waals surface area contributed by atoms with E-state index in [0.717, 1.165) is 31.2 Å². The summed E-state index contributed by atoms with van der Waals surface area (Å²) in [6.45, 7) is 1.79. The van der Waals surface area contributed by atoms with E-state index in [9.17, 15) is 9.90 Å². The first kappa shape index (κ1) is 19.1. The Morgan fingerprint density at radius 3 is 2.77 bits per heavy atom. The molecule has 30 heavy (non-hydrogen) atoms. The fourth-order valence-corrected chi connectivity index (χ4v) is 3.42. The van der Waals surface area contributed by atoms with Crippen LogP contribution < -0.4 is 4.90 Å². The van der Waals surface area contributed by atoms with Crippen LogP contribution in [0.25, 0.3) is 0 Å². The molecule has 0 bridgehead atoms. The molecule has 1 amide bonds. The number of phenols is 1. The molecular weight excluding hydrogens is 384 g/mol. The molecule has 1 aromatic carbocycles. The number of amides is 1. The van der Waals surface area contributed by atoms with E-state index in [0.29, 0.717) is 31.4 Å². The molecule has 8 nitrogen and oxygen atoms in total. The van der Waals surface area contributed by atoms with E-state index in [1.165, 1.54) is 4.90 Å². The number of carbonyl (C=O) groups excluding carboxylic acids is 1. The molecule has 2 saturated carbocycles. The summed E-state index contributed by atoms with van der Waals surface area (Å²) in [5.74, 6) is 6.34. The van der Waals surface area contributed by atoms with Crippen LogP contribution in [0.5, 0.6) is 5.75 Å². The SMILES string of the molecule is CN(C(=O)c1cn(CC2OCC3(CC3)CO2)nn1)c1ccc(C#CC2CC2)cc1O. The molecule has 2 heterocycles. The van der Waals surface area contributed by atoms with Gasteiger partial charge in [0.2, 0.25) is 0 Å². The molecule has 1 N–H and O–H groups in total. The van der Waals surface area contributed by atoms with Gasteiger partial charge in [-0.25, -0.2) is 4.68 Å². The quantitative estimate of drug-likeness (QED) is 0.780. The Kier molecular flexibility index (Phi) is 4.72. The number of aromatic nitrogens is 3. The summed E-state index contributed by atoms with van der Waals surface area (Å²) < 4.78 is 13.1. The molecule has 1 aliphatic heterocycles. The first-order valence-electron chi connectivity index (χ1n) is 10.3. The molecule has 3 fully saturated rings. The number of phenolic OH excluding ortho intramolecular Hbond substituents is 1. The highest BCUT2D eigenvalue weighted by Crippen LogP contribution is 2.48. The van der Waals surface area contributed by atoms with E-state index in [1.807, 2.05) is 0 Å². The zero-order valence-electron chi connectivity index (χ0n) is 16.9. The molecule has 0 radical (unpaired) electrons. The van der Waals surface area contributed by atoms with Crippen LogP contribution in [0.15, 0.2) is 24.4 Å². The lowest BCUT2D eigenvalue weighted by Crippen LogP contribution is -2.36. The molecule has 0 atom stereocenters. The number of anilines is 1. The van der Waals surface area contributed by atoms with Crippen molar-refractivity contribution in [1.29, 1.82) is 0 Å². The molecule has 3 aliphatic rings. The normalized spacial score (nSPS) is 19.9. The van der Waals surface area contributed by atoms with Gasteiger partial charge in [0.1, 0.15) is 5.75 Å². The molecule has 2 aromatic rings. The molecule has 5 rings (SSSR count). The van der Waals surface area contributed by atoms with Crippen molar-refractivity contribution in [2.45, 2.75) is 38.5 Å². The molecule has 8 heteroatoms.